The summed E-state index contributed by atoms with van der Waals surface area (Å²) >= 11 is 0. The molecular weight excluding hydrogens is 128 g/mol. The van der Waals surface area contributed by atoms with E-state index in [2.05, 4.69) is 11.0 Å². The average molecular weight is 142 g/mol. The van der Waals surface area contributed by atoms with E-state index in [0.717, 1.165) is 0 Å². The second-order valence-corrected chi connectivity index (χ2v) is 3.12. The molecule has 2 fully saturated rings. The van der Waals surface area contributed by atoms with Gasteiger partial charge in [-0.2, -0.15) is 10.7 Å². The van der Waals surface area contributed by atoms with Gasteiger partial charge < -0.3 is 0 Å². The molecule has 58 valence electrons. The first-order chi connectivity index (χ1) is 4.88. The summed E-state index contributed by atoms with van der Waals surface area (Å²) in [5, 5.41) is 1.70. The molecular formula is C6H14N4. The number of nitrogens with one attached hydrogen (secondary N) is 2. The summed E-state index contributed by atoms with van der Waals surface area (Å²) in [7, 11) is 0. The van der Waals surface area contributed by atoms with Gasteiger partial charge in [0.1, 0.15) is 0 Å². The fourth-order valence-electron chi connectivity index (χ4n) is 1.85. The molecule has 0 bridgehead atoms. The van der Waals surface area contributed by atoms with Crippen molar-refractivity contribution in [3.05, 3.63) is 0 Å². The van der Waals surface area contributed by atoms with E-state index < -0.39 is 0 Å². The van der Waals surface area contributed by atoms with Crippen molar-refractivity contribution in [2.45, 2.75) is 37.8 Å². The molecule has 0 radical (unpaired) electrons. The van der Waals surface area contributed by atoms with Crippen LogP contribution in [-0.4, -0.2) is 17.2 Å². The van der Waals surface area contributed by atoms with Crippen LogP contribution in [0.2, 0.25) is 0 Å². The fraction of sp³-hybridized carbons (Fsp3) is 1.00. The lowest BCUT2D eigenvalue weighted by Gasteiger charge is -2.25. The molecule has 1 saturated heterocycles. The first-order valence-electron chi connectivity index (χ1n) is 3.93. The van der Waals surface area contributed by atoms with E-state index in [0.29, 0.717) is 12.1 Å². The van der Waals surface area contributed by atoms with Crippen LogP contribution >= 0.6 is 0 Å². The van der Waals surface area contributed by atoms with Gasteiger partial charge in [0.2, 0.25) is 0 Å². The molecule has 0 spiro atoms. The maximum atomic E-state index is 5.65. The molecule has 2 aliphatic rings. The lowest BCUT2D eigenvalue weighted by atomic mass is 9.92. The van der Waals surface area contributed by atoms with Crippen LogP contribution in [0.5, 0.6) is 0 Å². The monoisotopic (exact) mass is 142 g/mol. The highest BCUT2D eigenvalue weighted by molar-refractivity contribution is 4.87. The minimum absolute atomic E-state index is 0.522. The molecule has 4 heteroatoms. The van der Waals surface area contributed by atoms with E-state index in [9.17, 15) is 0 Å². The van der Waals surface area contributed by atoms with Gasteiger partial charge in [0.15, 0.2) is 0 Å². The minimum Gasteiger partial charge on any atom is -0.254 e. The quantitative estimate of drug-likeness (QED) is 0.399. The Morgan fingerprint density at radius 3 is 2.90 bits per heavy atom. The summed E-state index contributed by atoms with van der Waals surface area (Å²) in [6.45, 7) is 0. The predicted octanol–water partition coefficient (Wildman–Crippen LogP) is -0.504. The van der Waals surface area contributed by atoms with Crippen molar-refractivity contribution in [3.8, 4) is 0 Å². The molecule has 1 heterocycles. The van der Waals surface area contributed by atoms with Crippen LogP contribution in [0, 0.1) is 0 Å². The van der Waals surface area contributed by atoms with Gasteiger partial charge >= 0.3 is 0 Å². The third-order valence-electron chi connectivity index (χ3n) is 2.47. The summed E-state index contributed by atoms with van der Waals surface area (Å²) < 4.78 is 0. The standard InChI is InChI=1S/C6H14N4/c7-10-6-4-2-1-3-5(6)8-9-10/h5-6,8-9H,1-4,7H2. The first kappa shape index (κ1) is 6.54. The van der Waals surface area contributed by atoms with Crippen molar-refractivity contribution in [2.75, 3.05) is 0 Å². The average Bonchev–Trinajstić information content (AvgIpc) is 2.34. The van der Waals surface area contributed by atoms with E-state index in [-0.39, 0.29) is 0 Å². The Hall–Kier alpha value is -0.160. The van der Waals surface area contributed by atoms with E-state index in [1.807, 2.05) is 0 Å². The van der Waals surface area contributed by atoms with Crippen molar-refractivity contribution >= 4 is 0 Å². The molecule has 0 amide bonds. The molecule has 2 atom stereocenters. The van der Waals surface area contributed by atoms with Crippen LogP contribution in [0.4, 0.5) is 0 Å². The van der Waals surface area contributed by atoms with Gasteiger partial charge in [0.05, 0.1) is 6.04 Å². The van der Waals surface area contributed by atoms with Gasteiger partial charge in [0, 0.05) is 6.04 Å². The first-order valence-corrected chi connectivity index (χ1v) is 3.93. The maximum Gasteiger partial charge on any atom is 0.0578 e. The fourth-order valence-corrected chi connectivity index (χ4v) is 1.85. The number of nitrogens with two attached hydrogens (primary N) is 1. The molecule has 0 aromatic carbocycles. The molecule has 2 rings (SSSR count). The van der Waals surface area contributed by atoms with Crippen molar-refractivity contribution in [1.82, 2.24) is 16.1 Å². The molecule has 4 nitrogen and oxygen atoms in total. The smallest absolute Gasteiger partial charge is 0.0578 e. The van der Waals surface area contributed by atoms with Crippen LogP contribution in [0.3, 0.4) is 0 Å². The van der Waals surface area contributed by atoms with Crippen molar-refractivity contribution < 1.29 is 0 Å². The second kappa shape index (κ2) is 2.47. The highest BCUT2D eigenvalue weighted by Crippen LogP contribution is 2.22. The Balaban J connectivity index is 2.01. The van der Waals surface area contributed by atoms with Crippen molar-refractivity contribution in [3.63, 3.8) is 0 Å². The molecule has 10 heavy (non-hydrogen) atoms. The number of nitrogens with zero attached hydrogens (tertiary/aromatic N) is 1. The number of fused-ring (bicyclic) bond motifs is 1. The van der Waals surface area contributed by atoms with Crippen molar-refractivity contribution in [2.24, 2.45) is 5.84 Å². The molecule has 1 aliphatic heterocycles. The Morgan fingerprint density at radius 1 is 1.30 bits per heavy atom. The topological polar surface area (TPSA) is 53.3 Å². The highest BCUT2D eigenvalue weighted by Gasteiger charge is 2.33. The number of hydrazine groups is 3. The normalized spacial score (nSPS) is 41.7. The molecule has 0 aromatic rings. The summed E-state index contributed by atoms with van der Waals surface area (Å²) in [4.78, 5) is 0. The van der Waals surface area contributed by atoms with Gasteiger partial charge in [-0.05, 0) is 12.8 Å². The number of hydrogen-bond acceptors (Lipinski definition) is 4. The molecule has 4 N–H and O–H groups in total. The molecule has 1 saturated carbocycles. The third-order valence-corrected chi connectivity index (χ3v) is 2.47. The van der Waals surface area contributed by atoms with Gasteiger partial charge in [-0.1, -0.05) is 12.8 Å². The molecule has 1 aliphatic carbocycles. The zero-order valence-corrected chi connectivity index (χ0v) is 6.01. The van der Waals surface area contributed by atoms with Crippen LogP contribution in [-0.2, 0) is 0 Å². The Morgan fingerprint density at radius 2 is 2.10 bits per heavy atom. The van der Waals surface area contributed by atoms with E-state index >= 15 is 0 Å². The number of hydrogen-bond donors (Lipinski definition) is 3. The van der Waals surface area contributed by atoms with Crippen LogP contribution < -0.4 is 16.8 Å². The zero-order valence-electron chi connectivity index (χ0n) is 6.01. The zero-order chi connectivity index (χ0) is 6.97. The Bertz CT molecular complexity index is 125. The van der Waals surface area contributed by atoms with Crippen molar-refractivity contribution in [1.29, 1.82) is 0 Å². The molecule has 2 unspecified atom stereocenters. The summed E-state index contributed by atoms with van der Waals surface area (Å²) in [6, 6.07) is 1.10. The van der Waals surface area contributed by atoms with Crippen LogP contribution in [0.15, 0.2) is 0 Å². The third kappa shape index (κ3) is 0.932. The summed E-state index contributed by atoms with van der Waals surface area (Å²) in [6.07, 6.45) is 5.13. The summed E-state index contributed by atoms with van der Waals surface area (Å²) in [5.74, 6) is 5.65. The number of rotatable bonds is 0. The lowest BCUT2D eigenvalue weighted by molar-refractivity contribution is 0.159. The summed E-state index contributed by atoms with van der Waals surface area (Å²) in [5.41, 5.74) is 6.08. The predicted molar refractivity (Wildman–Crippen MR) is 38.3 cm³/mol. The lowest BCUT2D eigenvalue weighted by Crippen LogP contribution is -2.45. The Kier molecular flexibility index (Phi) is 1.61. The van der Waals surface area contributed by atoms with E-state index in [1.165, 1.54) is 25.7 Å². The van der Waals surface area contributed by atoms with Gasteiger partial charge in [-0.3, -0.25) is 5.84 Å². The van der Waals surface area contributed by atoms with Crippen LogP contribution in [0.1, 0.15) is 25.7 Å². The Labute approximate surface area is 60.7 Å². The minimum atomic E-state index is 0.522. The SMILES string of the molecule is NN1NNC2CCCCC21. The van der Waals surface area contributed by atoms with Crippen LogP contribution in [0.25, 0.3) is 0 Å². The van der Waals surface area contributed by atoms with E-state index in [1.54, 1.807) is 5.12 Å². The van der Waals surface area contributed by atoms with E-state index in [4.69, 9.17) is 5.84 Å². The largest absolute Gasteiger partial charge is 0.254 e. The van der Waals surface area contributed by atoms with Gasteiger partial charge in [-0.25, -0.2) is 5.43 Å². The highest BCUT2D eigenvalue weighted by atomic mass is 15.8. The second-order valence-electron chi connectivity index (χ2n) is 3.12. The van der Waals surface area contributed by atoms with Gasteiger partial charge in [0.25, 0.3) is 0 Å². The molecule has 0 aromatic heterocycles. The maximum absolute atomic E-state index is 5.65. The van der Waals surface area contributed by atoms with Gasteiger partial charge in [-0.15, -0.1) is 0 Å².